The Morgan fingerprint density at radius 1 is 1.09 bits per heavy atom. The smallest absolute Gasteiger partial charge is 0.253 e. The number of hydrogen-bond donors (Lipinski definition) is 3. The fourth-order valence-electron chi connectivity index (χ4n) is 7.01. The molecule has 3 heterocycles. The van der Waals surface area contributed by atoms with Crippen molar-refractivity contribution in [3.8, 4) is 11.1 Å². The third-order valence-electron chi connectivity index (χ3n) is 9.81. The molecule has 2 aliphatic rings. The number of aromatic nitrogens is 1. The van der Waals surface area contributed by atoms with Crippen molar-refractivity contribution >= 4 is 34.5 Å². The number of nitrogens with zero attached hydrogens (tertiary/aromatic N) is 1. The number of hydrogen-bond acceptors (Lipinski definition) is 6. The summed E-state index contributed by atoms with van der Waals surface area (Å²) in [7, 11) is -0.789. The molecule has 2 saturated heterocycles. The van der Waals surface area contributed by atoms with Gasteiger partial charge in [0.25, 0.3) is 11.5 Å². The molecule has 0 unspecified atom stereocenters. The van der Waals surface area contributed by atoms with Crippen molar-refractivity contribution in [2.45, 2.75) is 78.3 Å². The van der Waals surface area contributed by atoms with E-state index in [4.69, 9.17) is 4.74 Å². The molecule has 0 spiro atoms. The second kappa shape index (κ2) is 14.3. The zero-order valence-electron chi connectivity index (χ0n) is 27.6. The number of H-pyrrole nitrogens is 1. The summed E-state index contributed by atoms with van der Waals surface area (Å²) in [4.78, 5) is 43.5. The van der Waals surface area contributed by atoms with Crippen molar-refractivity contribution in [2.75, 3.05) is 41.5 Å². The summed E-state index contributed by atoms with van der Waals surface area (Å²) in [5.41, 5.74) is 7.68. The van der Waals surface area contributed by atoms with Gasteiger partial charge < -0.3 is 25.3 Å². The number of aromatic amines is 1. The maximum absolute atomic E-state index is 13.9. The van der Waals surface area contributed by atoms with Gasteiger partial charge in [-0.3, -0.25) is 18.6 Å². The Kier molecular flexibility index (Phi) is 10.5. The number of aryl methyl sites for hydroxylation is 2. The average molecular weight is 647 g/mol. The first-order valence-corrected chi connectivity index (χ1v) is 17.7. The minimum atomic E-state index is -0.789. The second-order valence-corrected chi connectivity index (χ2v) is 14.6. The molecule has 0 saturated carbocycles. The number of ether oxygens (including phenoxy) is 1. The number of carbonyl (C=O) groups excluding carboxylic acids is 2. The van der Waals surface area contributed by atoms with Crippen LogP contribution >= 0.6 is 0 Å². The normalized spacial score (nSPS) is 19.3. The topological polar surface area (TPSA) is 121 Å². The SMILES string of the molecule is CCN(c1cc(-c2ccc(C3(C)CCOCC3)c(NC=O)c2)cc(C(=O)NCc2c(C)cc(C)[nH]c2=O)c1C)C1CCS(=O)CC1. The molecule has 0 atom stereocenters. The van der Waals surface area contributed by atoms with Gasteiger partial charge in [-0.25, -0.2) is 0 Å². The largest absolute Gasteiger partial charge is 0.381 e. The van der Waals surface area contributed by atoms with E-state index in [0.717, 1.165) is 77.1 Å². The Hall–Kier alpha value is -3.76. The molecule has 2 amide bonds. The molecule has 10 heteroatoms. The van der Waals surface area contributed by atoms with Crippen molar-refractivity contribution in [1.82, 2.24) is 10.3 Å². The van der Waals surface area contributed by atoms with Crippen LogP contribution in [0.25, 0.3) is 11.1 Å². The van der Waals surface area contributed by atoms with Gasteiger partial charge in [-0.05, 0) is 111 Å². The number of rotatable bonds is 10. The minimum Gasteiger partial charge on any atom is -0.381 e. The minimum absolute atomic E-state index is 0.107. The molecule has 3 aromatic rings. The number of pyridine rings is 1. The molecule has 2 aromatic carbocycles. The first-order chi connectivity index (χ1) is 22.0. The molecule has 0 aliphatic carbocycles. The molecule has 46 heavy (non-hydrogen) atoms. The van der Waals surface area contributed by atoms with E-state index >= 15 is 0 Å². The maximum Gasteiger partial charge on any atom is 0.253 e. The lowest BCUT2D eigenvalue weighted by molar-refractivity contribution is -0.105. The Balaban J connectivity index is 1.58. The van der Waals surface area contributed by atoms with Crippen LogP contribution < -0.4 is 21.1 Å². The molecule has 246 valence electrons. The molecule has 1 aromatic heterocycles. The predicted molar refractivity (Wildman–Crippen MR) is 185 cm³/mol. The van der Waals surface area contributed by atoms with E-state index in [2.05, 4.69) is 52.6 Å². The van der Waals surface area contributed by atoms with Gasteiger partial charge in [-0.15, -0.1) is 0 Å². The quantitative estimate of drug-likeness (QED) is 0.258. The molecule has 3 N–H and O–H groups in total. The van der Waals surface area contributed by atoms with Crippen molar-refractivity contribution in [1.29, 1.82) is 0 Å². The van der Waals surface area contributed by atoms with Crippen LogP contribution in [0.4, 0.5) is 11.4 Å². The summed E-state index contributed by atoms with van der Waals surface area (Å²) in [6.07, 6.45) is 4.09. The summed E-state index contributed by atoms with van der Waals surface area (Å²) in [5, 5.41) is 5.95. The third kappa shape index (κ3) is 7.13. The van der Waals surface area contributed by atoms with E-state index in [1.807, 2.05) is 39.0 Å². The van der Waals surface area contributed by atoms with Gasteiger partial charge in [0.05, 0.1) is 0 Å². The molecule has 5 rings (SSSR count). The number of nitrogens with one attached hydrogen (secondary N) is 3. The first-order valence-electron chi connectivity index (χ1n) is 16.2. The summed E-state index contributed by atoms with van der Waals surface area (Å²) >= 11 is 0. The van der Waals surface area contributed by atoms with Gasteiger partial charge in [0, 0.05) is 82.8 Å². The van der Waals surface area contributed by atoms with E-state index in [-0.39, 0.29) is 29.5 Å². The van der Waals surface area contributed by atoms with Crippen molar-refractivity contribution in [3.63, 3.8) is 0 Å². The van der Waals surface area contributed by atoms with Gasteiger partial charge in [-0.2, -0.15) is 0 Å². The standard InChI is InChI=1S/C36H46N4O5S/c1-6-40(28-9-15-46(44)16-10-28)33-20-27(26-7-8-31(32(19-26)38-22-41)36(5)11-13-45-14-12-36)18-29(25(33)4)34(42)37-21-30-23(2)17-24(3)39-35(30)43/h7-8,17-20,22,28H,6,9-16,21H2,1-5H3,(H,37,42)(H,38,41)(H,39,43). The fourth-order valence-corrected chi connectivity index (χ4v) is 8.28. The van der Waals surface area contributed by atoms with E-state index in [0.29, 0.717) is 42.3 Å². The lowest BCUT2D eigenvalue weighted by Crippen LogP contribution is -2.40. The van der Waals surface area contributed by atoms with Crippen LogP contribution in [0.1, 0.15) is 77.8 Å². The lowest BCUT2D eigenvalue weighted by Gasteiger charge is -2.37. The predicted octanol–water partition coefficient (Wildman–Crippen LogP) is 5.27. The zero-order valence-corrected chi connectivity index (χ0v) is 28.4. The Morgan fingerprint density at radius 3 is 2.46 bits per heavy atom. The highest BCUT2D eigenvalue weighted by Crippen LogP contribution is 2.41. The molecule has 0 radical (unpaired) electrons. The third-order valence-corrected chi connectivity index (χ3v) is 11.2. The highest BCUT2D eigenvalue weighted by molar-refractivity contribution is 7.85. The van der Waals surface area contributed by atoms with E-state index < -0.39 is 10.8 Å². The Bertz CT molecular complexity index is 1680. The lowest BCUT2D eigenvalue weighted by atomic mass is 9.75. The summed E-state index contributed by atoms with van der Waals surface area (Å²) in [5.74, 6) is 1.08. The van der Waals surface area contributed by atoms with E-state index in [1.54, 1.807) is 0 Å². The van der Waals surface area contributed by atoms with Gasteiger partial charge in [0.2, 0.25) is 6.41 Å². The van der Waals surface area contributed by atoms with Crippen LogP contribution in [0.15, 0.2) is 41.2 Å². The van der Waals surface area contributed by atoms with Gasteiger partial charge in [-0.1, -0.05) is 19.1 Å². The molecule has 2 aliphatic heterocycles. The van der Waals surface area contributed by atoms with Crippen LogP contribution in [0.2, 0.25) is 0 Å². The van der Waals surface area contributed by atoms with Crippen molar-refractivity contribution in [2.24, 2.45) is 0 Å². The van der Waals surface area contributed by atoms with Crippen LogP contribution in [-0.4, -0.2) is 58.8 Å². The summed E-state index contributed by atoms with van der Waals surface area (Å²) in [6.45, 7) is 12.2. The van der Waals surface area contributed by atoms with Crippen LogP contribution in [-0.2, 0) is 32.3 Å². The van der Waals surface area contributed by atoms with Gasteiger partial charge in [0.15, 0.2) is 0 Å². The van der Waals surface area contributed by atoms with E-state index in [9.17, 15) is 18.6 Å². The van der Waals surface area contributed by atoms with Crippen molar-refractivity contribution < 1.29 is 18.5 Å². The number of anilines is 2. The van der Waals surface area contributed by atoms with E-state index in [1.165, 1.54) is 0 Å². The molecular formula is C36H46N4O5S. The molecular weight excluding hydrogens is 600 g/mol. The zero-order chi connectivity index (χ0) is 33.0. The molecule has 2 fully saturated rings. The summed E-state index contributed by atoms with van der Waals surface area (Å²) in [6, 6.07) is 12.3. The monoisotopic (exact) mass is 646 g/mol. The molecule has 0 bridgehead atoms. The highest BCUT2D eigenvalue weighted by atomic mass is 32.2. The summed E-state index contributed by atoms with van der Waals surface area (Å²) < 4.78 is 17.8. The Labute approximate surface area is 274 Å². The number of benzene rings is 2. The number of carbonyl (C=O) groups is 2. The first kappa shape index (κ1) is 33.6. The Morgan fingerprint density at radius 2 is 1.80 bits per heavy atom. The maximum atomic E-state index is 13.9. The van der Waals surface area contributed by atoms with Crippen LogP contribution in [0.3, 0.4) is 0 Å². The van der Waals surface area contributed by atoms with Gasteiger partial charge in [0.1, 0.15) is 0 Å². The highest BCUT2D eigenvalue weighted by Gasteiger charge is 2.32. The van der Waals surface area contributed by atoms with Crippen molar-refractivity contribution in [3.05, 3.63) is 80.3 Å². The second-order valence-electron chi connectivity index (χ2n) is 12.9. The van der Waals surface area contributed by atoms with Gasteiger partial charge >= 0.3 is 0 Å². The van der Waals surface area contributed by atoms with Crippen LogP contribution in [0.5, 0.6) is 0 Å². The fraction of sp³-hybridized carbons (Fsp3) is 0.472. The molecule has 9 nitrogen and oxygen atoms in total. The van der Waals surface area contributed by atoms with Crippen LogP contribution in [0, 0.1) is 20.8 Å². The average Bonchev–Trinajstić information content (AvgIpc) is 3.03. The number of amides is 2.